The van der Waals surface area contributed by atoms with Crippen LogP contribution >= 0.6 is 0 Å². The Morgan fingerprint density at radius 3 is 1.68 bits per heavy atom. The summed E-state index contributed by atoms with van der Waals surface area (Å²) in [6.07, 6.45) is -8.36. The molecule has 107 heavy (non-hydrogen) atoms. The van der Waals surface area contributed by atoms with Crippen molar-refractivity contribution in [3.63, 3.8) is 0 Å². The number of amides is 14. The molecule has 0 bridgehead atoms. The zero-order valence-corrected chi connectivity index (χ0v) is 57.9. The molecule has 43 nitrogen and oxygen atoms in total. The Kier molecular flexibility index (Phi) is 33.7. The number of fused-ring (bicyclic) bond motifs is 1. The van der Waals surface area contributed by atoms with Gasteiger partial charge in [-0.25, -0.2) is 4.79 Å². The normalized spacial score (nSPS) is 21.9. The fraction of sp³-hybridized carbons (Fsp3) is 0.469. The molecule has 0 saturated carbocycles. The first-order valence-corrected chi connectivity index (χ1v) is 32.8. The van der Waals surface area contributed by atoms with Crippen molar-refractivity contribution in [2.45, 2.75) is 158 Å². The number of aliphatic carboxylic acids is 4. The molecule has 0 radical (unpaired) electrons. The lowest BCUT2D eigenvalue weighted by Gasteiger charge is -2.30. The number of Topliss-reactive ketones (excluding diaryl/α,β-unsaturated/α-hetero) is 1. The van der Waals surface area contributed by atoms with Crippen LogP contribution in [-0.4, -0.2) is 248 Å². The molecule has 582 valence electrons. The van der Waals surface area contributed by atoms with E-state index in [1.54, 1.807) is 24.3 Å². The Bertz CT molecular complexity index is 3880. The number of esters is 1. The number of carboxylic acid groups (broad SMARTS) is 4. The highest BCUT2D eigenvalue weighted by molar-refractivity contribution is 6.05. The lowest BCUT2D eigenvalue weighted by Crippen LogP contribution is -2.62. The third-order valence-corrected chi connectivity index (χ3v) is 15.9. The number of H-pyrrole nitrogens is 1. The summed E-state index contributed by atoms with van der Waals surface area (Å²) in [6.45, 7) is 0.0906. The fourth-order valence-electron chi connectivity index (χ4n) is 10.5. The maximum atomic E-state index is 14.7. The van der Waals surface area contributed by atoms with Crippen molar-refractivity contribution in [3.8, 4) is 0 Å². The highest BCUT2D eigenvalue weighted by atomic mass is 16.5. The zero-order chi connectivity index (χ0) is 80.1. The van der Waals surface area contributed by atoms with E-state index >= 15 is 0 Å². The molecule has 1 saturated heterocycles. The number of anilines is 1. The molecule has 14 amide bonds. The number of primary amides is 1. The number of aliphatic hydroxyl groups excluding tert-OH is 1. The predicted octanol–water partition coefficient (Wildman–Crippen LogP) is -8.74. The number of aromatic nitrogens is 1. The number of hydrogen-bond acceptors (Lipinski definition) is 24. The molecule has 2 heterocycles. The molecule has 12 unspecified atom stereocenters. The van der Waals surface area contributed by atoms with E-state index in [1.807, 2.05) is 21.3 Å². The molecule has 4 rings (SSSR count). The lowest BCUT2D eigenvalue weighted by atomic mass is 9.96. The van der Waals surface area contributed by atoms with Crippen LogP contribution in [0.1, 0.15) is 95.0 Å². The summed E-state index contributed by atoms with van der Waals surface area (Å²) in [5, 5.41) is 77.8. The first-order valence-electron chi connectivity index (χ1n) is 32.8. The van der Waals surface area contributed by atoms with E-state index in [0.29, 0.717) is 16.5 Å². The number of carbonyl (C=O) groups excluding carboxylic acids is 16. The summed E-state index contributed by atoms with van der Waals surface area (Å²) in [5.41, 5.74) is 17.9. The Labute approximate surface area is 606 Å². The highest BCUT2D eigenvalue weighted by Crippen LogP contribution is 2.21. The molecule has 13 atom stereocenters. The number of cyclic esters (lactones) is 1. The Balaban J connectivity index is 1.88. The quantitative estimate of drug-likeness (QED) is 0.0191. The molecule has 43 heteroatoms. The average molecular weight is 1510 g/mol. The summed E-state index contributed by atoms with van der Waals surface area (Å²) >= 11 is 0. The van der Waals surface area contributed by atoms with Crippen LogP contribution in [0.2, 0.25) is 0 Å². The second kappa shape index (κ2) is 41.6. The van der Waals surface area contributed by atoms with Gasteiger partial charge in [-0.15, -0.1) is 0 Å². The molecule has 1 aliphatic rings. The van der Waals surface area contributed by atoms with Crippen molar-refractivity contribution >= 4 is 135 Å². The Hall–Kier alpha value is -12.7. The topological polar surface area (TPSA) is 702 Å². The van der Waals surface area contributed by atoms with Crippen LogP contribution in [0.15, 0.2) is 54.7 Å². The number of para-hydroxylation sites is 2. The number of nitrogens with two attached hydrogens (primary N) is 3. The van der Waals surface area contributed by atoms with E-state index in [9.17, 15) is 121 Å². The van der Waals surface area contributed by atoms with E-state index in [-0.39, 0.29) is 30.6 Å². The minimum Gasteiger partial charge on any atom is -0.481 e. The number of carbonyl (C=O) groups is 20. The smallest absolute Gasteiger partial charge is 0.329 e. The van der Waals surface area contributed by atoms with E-state index < -0.39 is 261 Å². The van der Waals surface area contributed by atoms with Gasteiger partial charge in [-0.05, 0) is 62.9 Å². The largest absolute Gasteiger partial charge is 0.481 e. The van der Waals surface area contributed by atoms with Crippen molar-refractivity contribution in [3.05, 3.63) is 65.9 Å². The molecular formula is C64H85N17O26. The number of rotatable bonds is 27. The maximum Gasteiger partial charge on any atom is 0.329 e. The van der Waals surface area contributed by atoms with Crippen molar-refractivity contribution in [2.75, 3.05) is 32.0 Å². The van der Waals surface area contributed by atoms with E-state index in [4.69, 9.17) is 21.9 Å². The number of ether oxygens (including phenoxy) is 1. The molecule has 0 spiro atoms. The van der Waals surface area contributed by atoms with Gasteiger partial charge in [-0.2, -0.15) is 0 Å². The number of nitrogen functional groups attached to an aromatic ring is 1. The summed E-state index contributed by atoms with van der Waals surface area (Å²) in [7, 11) is 0. The third-order valence-electron chi connectivity index (χ3n) is 15.9. The van der Waals surface area contributed by atoms with Gasteiger partial charge in [0.25, 0.3) is 0 Å². The van der Waals surface area contributed by atoms with Gasteiger partial charge in [0.15, 0.2) is 5.78 Å². The van der Waals surface area contributed by atoms with E-state index in [1.165, 1.54) is 30.5 Å². The first-order chi connectivity index (χ1) is 50.3. The fourth-order valence-corrected chi connectivity index (χ4v) is 10.5. The van der Waals surface area contributed by atoms with Crippen molar-refractivity contribution in [1.29, 1.82) is 0 Å². The number of nitrogens with one attached hydrogen (secondary N) is 14. The molecule has 1 fully saturated rings. The van der Waals surface area contributed by atoms with Gasteiger partial charge >= 0.3 is 29.8 Å². The third kappa shape index (κ3) is 28.1. The van der Waals surface area contributed by atoms with Crippen LogP contribution < -0.4 is 86.3 Å². The van der Waals surface area contributed by atoms with Crippen molar-refractivity contribution in [2.24, 2.45) is 17.4 Å². The van der Waals surface area contributed by atoms with Gasteiger partial charge in [-0.1, -0.05) is 37.3 Å². The van der Waals surface area contributed by atoms with Crippen LogP contribution in [0.5, 0.6) is 0 Å². The van der Waals surface area contributed by atoms with E-state index in [2.05, 4.69) is 52.8 Å². The molecule has 3 aromatic rings. The number of benzene rings is 2. The van der Waals surface area contributed by atoms with Crippen LogP contribution in [0.3, 0.4) is 0 Å². The number of ketones is 1. The van der Waals surface area contributed by atoms with Crippen molar-refractivity contribution < 1.29 is 126 Å². The molecule has 1 aromatic heterocycles. The van der Waals surface area contributed by atoms with Gasteiger partial charge in [-0.3, -0.25) is 91.1 Å². The van der Waals surface area contributed by atoms with Gasteiger partial charge in [0.1, 0.15) is 72.6 Å². The summed E-state index contributed by atoms with van der Waals surface area (Å²) in [4.78, 5) is 273. The van der Waals surface area contributed by atoms with Crippen LogP contribution in [0.4, 0.5) is 5.69 Å². The minimum absolute atomic E-state index is 0.0941. The highest BCUT2D eigenvalue weighted by Gasteiger charge is 2.41. The molecular weight excluding hydrogens is 1420 g/mol. The Morgan fingerprint density at radius 1 is 0.570 bits per heavy atom. The number of carboxylic acids is 4. The average Bonchev–Trinajstić information content (AvgIpc) is 1.44. The first kappa shape index (κ1) is 86.7. The van der Waals surface area contributed by atoms with Gasteiger partial charge in [0.2, 0.25) is 82.7 Å². The monoisotopic (exact) mass is 1510 g/mol. The van der Waals surface area contributed by atoms with Crippen LogP contribution in [-0.2, 0) is 102 Å². The minimum atomic E-state index is -2.45. The second-order valence-corrected chi connectivity index (χ2v) is 24.5. The van der Waals surface area contributed by atoms with Crippen molar-refractivity contribution in [1.82, 2.24) is 74.1 Å². The zero-order valence-electron chi connectivity index (χ0n) is 57.9. The number of hydrogen-bond donors (Lipinski definition) is 22. The molecule has 0 aliphatic carbocycles. The lowest BCUT2D eigenvalue weighted by molar-refractivity contribution is -0.156. The maximum absolute atomic E-state index is 14.7. The van der Waals surface area contributed by atoms with Gasteiger partial charge in [0.05, 0.1) is 51.8 Å². The number of aliphatic hydroxyl groups is 1. The van der Waals surface area contributed by atoms with Crippen LogP contribution in [0.25, 0.3) is 10.9 Å². The summed E-state index contributed by atoms with van der Waals surface area (Å²) in [6, 6.07) is -10.7. The molecule has 25 N–H and O–H groups in total. The van der Waals surface area contributed by atoms with E-state index in [0.717, 1.165) is 27.7 Å². The van der Waals surface area contributed by atoms with Gasteiger partial charge < -0.3 is 122 Å². The molecule has 1 aliphatic heterocycles. The SMILES string of the molecule is CC(=O)N[C@@H](Cc1c[nH]c2ccccc12)C(=O)NC(CC(N)=O)C(=O)NC(CC(=O)O)C(=O)NC1C(=O)NCC(=O)NC(CCCN)C(=O)NC(CC(=O)O)C(=O)NC(C)C(=O)NC(CC(=O)O)C(=O)NCC(=O)NC(CO)C(=O)NC(C(C)CC(=O)O)C(=O)NC(CC(=O)c2ccccc2N)C(=O)OC1C. The Morgan fingerprint density at radius 2 is 1.10 bits per heavy atom. The van der Waals surface area contributed by atoms with Crippen LogP contribution in [0, 0.1) is 5.92 Å². The predicted molar refractivity (Wildman–Crippen MR) is 363 cm³/mol. The standard InChI is InChI=1S/C64H85N17O26/c1-27(16-48(88)89)52-63(105)79-42(18-44(84)33-11-5-7-12-34(33)66)64(106)107-29(3)53(81-60(102)41(22-51(94)95)78-59(101)38(19-45(67)85)76-58(100)37(72-30(4)83)17-31-23-68-35-13-8-6-10-32(31)35)62(104)70-25-46(86)73-36(14-9-15-65)56(98)77-40(21-50(92)93)57(99)71-28(2)54(96)75-39(20-49(90)91)55(97)69-24-47(87)74-43(26-82)61(103)80-52/h5-8,10-13,23,27-29,36-43,52-53,68,82H,9,14-22,24-26,65-66H2,1-4H3,(H2,67,85)(H,69,97)(H,70,104)(H,71,99)(H,72,83)(H,73,86)(H,74,87)(H,75,96)(H,76,100)(H,77,98)(H,78,101)(H,79,105)(H,80,103)(H,81,102)(H,88,89)(H,90,91)(H,92,93)(H,94,95)/t27?,28?,29?,36?,37-,38?,39?,40?,41?,42?,43?,52?,53?/m0/s1. The summed E-state index contributed by atoms with van der Waals surface area (Å²) < 4.78 is 5.64. The molecule has 2 aromatic carbocycles. The summed E-state index contributed by atoms with van der Waals surface area (Å²) in [5.74, 6) is -30.0. The second-order valence-electron chi connectivity index (χ2n) is 24.5. The van der Waals surface area contributed by atoms with Gasteiger partial charge in [0, 0.05) is 48.1 Å². The number of aromatic amines is 1.